The number of aromatic nitrogens is 6. The third-order valence-electron chi connectivity index (χ3n) is 4.77. The van der Waals surface area contributed by atoms with Gasteiger partial charge in [0.2, 0.25) is 5.65 Å². The second-order valence-corrected chi connectivity index (χ2v) is 6.16. The lowest BCUT2D eigenvalue weighted by Gasteiger charge is -2.03. The highest BCUT2D eigenvalue weighted by molar-refractivity contribution is 5.78. The number of rotatable bonds is 1. The van der Waals surface area contributed by atoms with Crippen LogP contribution >= 0.6 is 0 Å². The molecule has 0 fully saturated rings. The lowest BCUT2D eigenvalue weighted by molar-refractivity contribution is -0.647. The molecule has 0 amide bonds. The average Bonchev–Trinajstić information content (AvgIpc) is 3.30. The molecule has 118 valence electrons. The van der Waals surface area contributed by atoms with Gasteiger partial charge in [0, 0.05) is 24.2 Å². The molecule has 0 bridgehead atoms. The summed E-state index contributed by atoms with van der Waals surface area (Å²) in [5, 5.41) is 0. The summed E-state index contributed by atoms with van der Waals surface area (Å²) in [4.78, 5) is 13.7. The third-order valence-corrected chi connectivity index (χ3v) is 4.77. The van der Waals surface area contributed by atoms with E-state index in [0.29, 0.717) is 0 Å². The van der Waals surface area contributed by atoms with Crippen molar-refractivity contribution in [1.82, 2.24) is 23.9 Å². The van der Waals surface area contributed by atoms with Gasteiger partial charge in [-0.1, -0.05) is 29.2 Å². The number of fused-ring (bicyclic) bond motifs is 7. The van der Waals surface area contributed by atoms with Gasteiger partial charge in [-0.25, -0.2) is 14.1 Å². The van der Waals surface area contributed by atoms with Crippen LogP contribution in [0, 0.1) is 0 Å². The van der Waals surface area contributed by atoms with Crippen molar-refractivity contribution in [2.75, 3.05) is 0 Å². The van der Waals surface area contributed by atoms with E-state index in [4.69, 9.17) is 4.98 Å². The van der Waals surface area contributed by atoms with Gasteiger partial charge in [-0.2, -0.15) is 0 Å². The number of hydrogen-bond acceptors (Lipinski definition) is 3. The molecule has 0 unspecified atom stereocenters. The lowest BCUT2D eigenvalue weighted by atomic mass is 10.2. The topological polar surface area (TPSA) is 51.9 Å². The van der Waals surface area contributed by atoms with E-state index in [-0.39, 0.29) is 0 Å². The highest BCUT2D eigenvalue weighted by atomic mass is 15.3. The molecule has 5 heterocycles. The van der Waals surface area contributed by atoms with Crippen molar-refractivity contribution < 1.29 is 4.57 Å². The molecule has 6 rings (SSSR count). The Morgan fingerprint density at radius 1 is 1.00 bits per heavy atom. The molecular formula is C19H13N6+. The van der Waals surface area contributed by atoms with E-state index in [9.17, 15) is 0 Å². The smallest absolute Gasteiger partial charge is 0.258 e. The maximum absolute atomic E-state index is 4.83. The zero-order valence-electron chi connectivity index (χ0n) is 13.2. The minimum absolute atomic E-state index is 0.784. The van der Waals surface area contributed by atoms with Crippen LogP contribution in [-0.2, 0) is 6.54 Å². The van der Waals surface area contributed by atoms with Crippen molar-refractivity contribution in [2.24, 2.45) is 0 Å². The van der Waals surface area contributed by atoms with E-state index < -0.39 is 0 Å². The molecule has 1 aromatic carbocycles. The molecule has 4 aromatic heterocycles. The monoisotopic (exact) mass is 325 g/mol. The van der Waals surface area contributed by atoms with E-state index in [1.165, 1.54) is 5.56 Å². The van der Waals surface area contributed by atoms with Crippen LogP contribution in [0.15, 0.2) is 67.3 Å². The molecule has 0 saturated heterocycles. The van der Waals surface area contributed by atoms with Crippen LogP contribution in [0.3, 0.4) is 0 Å². The van der Waals surface area contributed by atoms with Crippen molar-refractivity contribution in [3.63, 3.8) is 0 Å². The van der Waals surface area contributed by atoms with Crippen molar-refractivity contribution in [2.45, 2.75) is 6.54 Å². The average molecular weight is 325 g/mol. The van der Waals surface area contributed by atoms with Crippen LogP contribution in [0.2, 0.25) is 0 Å². The largest absolute Gasteiger partial charge is 0.324 e. The first-order chi connectivity index (χ1) is 12.4. The maximum atomic E-state index is 4.83. The molecule has 6 nitrogen and oxygen atoms in total. The predicted octanol–water partition coefficient (Wildman–Crippen LogP) is 2.38. The van der Waals surface area contributed by atoms with E-state index in [1.54, 1.807) is 12.4 Å². The first-order valence-electron chi connectivity index (χ1n) is 8.18. The number of benzene rings is 1. The Balaban J connectivity index is 1.84. The second-order valence-electron chi connectivity index (χ2n) is 6.16. The number of imidazole rings is 2. The number of pyridine rings is 1. The summed E-state index contributed by atoms with van der Waals surface area (Å²) in [6, 6.07) is 14.5. The van der Waals surface area contributed by atoms with Crippen molar-refractivity contribution in [3.05, 3.63) is 72.8 Å². The first kappa shape index (κ1) is 12.8. The summed E-state index contributed by atoms with van der Waals surface area (Å²) in [7, 11) is 0. The fourth-order valence-corrected chi connectivity index (χ4v) is 3.73. The molecule has 25 heavy (non-hydrogen) atoms. The molecule has 0 spiro atoms. The Labute approximate surface area is 142 Å². The zero-order valence-corrected chi connectivity index (χ0v) is 13.2. The molecule has 1 aliphatic rings. The van der Waals surface area contributed by atoms with Gasteiger partial charge in [0.05, 0.1) is 12.7 Å². The number of hydrogen-bond donors (Lipinski definition) is 0. The lowest BCUT2D eigenvalue weighted by Crippen LogP contribution is -2.31. The third kappa shape index (κ3) is 1.58. The van der Waals surface area contributed by atoms with Gasteiger partial charge < -0.3 is 0 Å². The quantitative estimate of drug-likeness (QED) is 0.436. The van der Waals surface area contributed by atoms with E-state index in [2.05, 4.69) is 53.8 Å². The summed E-state index contributed by atoms with van der Waals surface area (Å²) in [5.74, 6) is 1.07. The van der Waals surface area contributed by atoms with Crippen molar-refractivity contribution in [3.8, 4) is 17.2 Å². The van der Waals surface area contributed by atoms with Crippen molar-refractivity contribution >= 4 is 16.9 Å². The van der Waals surface area contributed by atoms with Gasteiger partial charge in [0.25, 0.3) is 11.5 Å². The molecule has 1 aliphatic heterocycles. The van der Waals surface area contributed by atoms with Gasteiger partial charge in [0.1, 0.15) is 11.4 Å². The van der Waals surface area contributed by atoms with Crippen LogP contribution in [0.25, 0.3) is 34.1 Å². The fourth-order valence-electron chi connectivity index (χ4n) is 3.73. The normalized spacial score (nSPS) is 12.6. The summed E-state index contributed by atoms with van der Waals surface area (Å²) >= 11 is 0. The molecule has 0 radical (unpaired) electrons. The summed E-state index contributed by atoms with van der Waals surface area (Å²) in [6.45, 7) is 0.784. The Bertz CT molecular complexity index is 1270. The maximum Gasteiger partial charge on any atom is 0.324 e. The highest BCUT2D eigenvalue weighted by Gasteiger charge is 2.37. The van der Waals surface area contributed by atoms with Crippen LogP contribution in [-0.4, -0.2) is 23.9 Å². The molecule has 6 heteroatoms. The fraction of sp³-hybridized carbons (Fsp3) is 0.0526. The standard InChI is InChI=1S/C19H13N6/c1-2-6-14(7-3-1)25-18-16-13(5-4-8-21-16)12-24(18)17-19(25)23-10-9-20-11-15(23)22-17/h1-11H,12H2/q+1. The van der Waals surface area contributed by atoms with Gasteiger partial charge in [-0.15, -0.1) is 0 Å². The summed E-state index contributed by atoms with van der Waals surface area (Å²) in [6.07, 6.45) is 7.39. The number of nitrogens with zero attached hydrogens (tertiary/aromatic N) is 6. The van der Waals surface area contributed by atoms with Crippen LogP contribution in [0.4, 0.5) is 0 Å². The van der Waals surface area contributed by atoms with E-state index in [0.717, 1.165) is 40.7 Å². The molecule has 0 saturated carbocycles. The second kappa shape index (κ2) is 4.51. The predicted molar refractivity (Wildman–Crippen MR) is 92.3 cm³/mol. The van der Waals surface area contributed by atoms with E-state index >= 15 is 0 Å². The van der Waals surface area contributed by atoms with Crippen molar-refractivity contribution in [1.29, 1.82) is 0 Å². The summed E-state index contributed by atoms with van der Waals surface area (Å²) < 4.78 is 6.57. The molecule has 0 N–H and O–H groups in total. The minimum Gasteiger partial charge on any atom is -0.258 e. The van der Waals surface area contributed by atoms with Gasteiger partial charge in [-0.3, -0.25) is 9.38 Å². The first-order valence-corrected chi connectivity index (χ1v) is 8.18. The summed E-state index contributed by atoms with van der Waals surface area (Å²) in [5.41, 5.74) is 6.17. The molecule has 0 atom stereocenters. The Morgan fingerprint density at radius 3 is 2.84 bits per heavy atom. The number of para-hydroxylation sites is 1. The molecule has 0 aliphatic carbocycles. The zero-order chi connectivity index (χ0) is 16.4. The van der Waals surface area contributed by atoms with Gasteiger partial charge in [-0.05, 0) is 18.2 Å². The van der Waals surface area contributed by atoms with Crippen LogP contribution in [0.5, 0.6) is 0 Å². The minimum atomic E-state index is 0.784. The van der Waals surface area contributed by atoms with E-state index in [1.807, 2.05) is 24.5 Å². The van der Waals surface area contributed by atoms with Crippen LogP contribution < -0.4 is 4.57 Å². The highest BCUT2D eigenvalue weighted by Crippen LogP contribution is 2.32. The van der Waals surface area contributed by atoms with Gasteiger partial charge >= 0.3 is 5.65 Å². The Kier molecular flexibility index (Phi) is 2.31. The SMILES string of the molecule is c1ccc(-n2c3[n+](c4nc5cnccn5c42)Cc2cccnc2-3)cc1. The Morgan fingerprint density at radius 2 is 1.92 bits per heavy atom. The Hall–Kier alpha value is -3.54. The molecular weight excluding hydrogens is 312 g/mol. The van der Waals surface area contributed by atoms with Gasteiger partial charge in [0.15, 0.2) is 0 Å². The molecule has 5 aromatic rings. The van der Waals surface area contributed by atoms with Crippen LogP contribution in [0.1, 0.15) is 5.56 Å².